The molecule has 0 radical (unpaired) electrons. The Balaban J connectivity index is 1.32. The molecule has 1 aliphatic rings. The summed E-state index contributed by atoms with van der Waals surface area (Å²) in [5, 5.41) is 13.2. The van der Waals surface area contributed by atoms with Crippen molar-refractivity contribution in [1.29, 1.82) is 0 Å². The quantitative estimate of drug-likeness (QED) is 0.250. The number of carboxylic acids is 1. The highest BCUT2D eigenvalue weighted by molar-refractivity contribution is 7.10. The largest absolute Gasteiger partial charge is 0.497 e. The van der Waals surface area contributed by atoms with Gasteiger partial charge in [-0.1, -0.05) is 11.6 Å². The molecule has 2 aromatic heterocycles. The van der Waals surface area contributed by atoms with E-state index in [1.165, 1.54) is 4.88 Å². The van der Waals surface area contributed by atoms with Crippen LogP contribution in [0.1, 0.15) is 55.1 Å². The lowest BCUT2D eigenvalue weighted by molar-refractivity contribution is -0.139. The molecule has 0 unspecified atom stereocenters. The van der Waals surface area contributed by atoms with Crippen molar-refractivity contribution in [2.75, 3.05) is 26.7 Å². The molecule has 3 atom stereocenters. The van der Waals surface area contributed by atoms with Crippen LogP contribution in [0, 0.1) is 11.8 Å². The van der Waals surface area contributed by atoms with Crippen LogP contribution in [0.3, 0.4) is 0 Å². The number of piperidine rings is 1. The van der Waals surface area contributed by atoms with Crippen molar-refractivity contribution in [2.45, 2.75) is 51.1 Å². The summed E-state index contributed by atoms with van der Waals surface area (Å²) in [6.45, 7) is 2.67. The molecule has 0 saturated carbocycles. The third-order valence-corrected chi connectivity index (χ3v) is 8.79. The van der Waals surface area contributed by atoms with Gasteiger partial charge in [0.05, 0.1) is 17.6 Å². The summed E-state index contributed by atoms with van der Waals surface area (Å²) < 4.78 is 20.8. The maximum absolute atomic E-state index is 15.5. The molecule has 36 heavy (non-hydrogen) atoms. The molecule has 1 aliphatic heterocycles. The van der Waals surface area contributed by atoms with Crippen LogP contribution in [0.25, 0.3) is 10.9 Å². The van der Waals surface area contributed by atoms with Crippen LogP contribution in [0.2, 0.25) is 5.02 Å². The number of hydrogen-bond acceptors (Lipinski definition) is 5. The van der Waals surface area contributed by atoms with Crippen LogP contribution in [-0.2, 0) is 11.2 Å². The minimum Gasteiger partial charge on any atom is -0.497 e. The number of ether oxygens (including phenoxy) is 1. The summed E-state index contributed by atoms with van der Waals surface area (Å²) in [4.78, 5) is 19.6. The summed E-state index contributed by atoms with van der Waals surface area (Å²) >= 11 is 7.89. The molecule has 3 aromatic rings. The second kappa shape index (κ2) is 12.8. The van der Waals surface area contributed by atoms with Gasteiger partial charge in [-0.15, -0.1) is 11.3 Å². The van der Waals surface area contributed by atoms with Gasteiger partial charge < -0.3 is 14.7 Å². The highest BCUT2D eigenvalue weighted by Gasteiger charge is 2.31. The number of carboxylic acid groups (broad SMARTS) is 1. The smallest absolute Gasteiger partial charge is 0.303 e. The molecule has 1 saturated heterocycles. The molecule has 5 nitrogen and oxygen atoms in total. The van der Waals surface area contributed by atoms with Gasteiger partial charge in [-0.25, -0.2) is 4.39 Å². The SMILES string of the molecule is COc1ccc2nccc([C@@H](F)CC[C@@H]3CCN(CCCCc4sccc4Cl)C[C@@H]3CC(=O)O)c2c1. The van der Waals surface area contributed by atoms with Gasteiger partial charge >= 0.3 is 5.97 Å². The third kappa shape index (κ3) is 6.96. The normalized spacial score (nSPS) is 19.4. The zero-order valence-electron chi connectivity index (χ0n) is 20.7. The van der Waals surface area contributed by atoms with E-state index in [1.54, 1.807) is 30.7 Å². The van der Waals surface area contributed by atoms with Gasteiger partial charge in [-0.05, 0) is 105 Å². The van der Waals surface area contributed by atoms with Crippen molar-refractivity contribution >= 4 is 39.8 Å². The number of halogens is 2. The van der Waals surface area contributed by atoms with Crippen LogP contribution >= 0.6 is 22.9 Å². The second-order valence-corrected chi connectivity index (χ2v) is 11.1. The van der Waals surface area contributed by atoms with Crippen LogP contribution in [0.15, 0.2) is 41.9 Å². The number of methoxy groups -OCH3 is 1. The minimum atomic E-state index is -1.13. The molecule has 4 rings (SSSR count). The number of likely N-dealkylation sites (tertiary alicyclic amines) is 1. The van der Waals surface area contributed by atoms with Gasteiger partial charge in [-0.3, -0.25) is 9.78 Å². The van der Waals surface area contributed by atoms with Crippen LogP contribution in [0.5, 0.6) is 5.75 Å². The van der Waals surface area contributed by atoms with E-state index < -0.39 is 12.1 Å². The highest BCUT2D eigenvalue weighted by Crippen LogP contribution is 2.36. The van der Waals surface area contributed by atoms with Crippen LogP contribution in [0.4, 0.5) is 4.39 Å². The van der Waals surface area contributed by atoms with Crippen molar-refractivity contribution in [3.63, 3.8) is 0 Å². The second-order valence-electron chi connectivity index (χ2n) is 9.68. The van der Waals surface area contributed by atoms with Crippen molar-refractivity contribution in [1.82, 2.24) is 9.88 Å². The standard InChI is InChI=1S/C28H34ClFN2O3S/c1-35-21-6-8-26-23(17-21)22(9-12-31-26)25(30)7-5-19-10-14-32(18-20(19)16-28(33)34)13-3-2-4-27-24(29)11-15-36-27/h6,8-9,11-12,15,17,19-20,25H,2-5,7,10,13-14,16,18H2,1H3,(H,33,34)/t19-,20+,25+/m1/s1. The Labute approximate surface area is 221 Å². The summed E-state index contributed by atoms with van der Waals surface area (Å²) in [6, 6.07) is 9.19. The molecular formula is C28H34ClFN2O3S. The summed E-state index contributed by atoms with van der Waals surface area (Å²) in [7, 11) is 1.60. The molecule has 3 heterocycles. The Kier molecular flexibility index (Phi) is 9.57. The van der Waals surface area contributed by atoms with Crippen molar-refractivity contribution in [3.05, 3.63) is 57.4 Å². The van der Waals surface area contributed by atoms with Crippen LogP contribution < -0.4 is 4.74 Å². The average Bonchev–Trinajstić information content (AvgIpc) is 3.29. The molecule has 1 fully saturated rings. The number of aliphatic carboxylic acids is 1. The fourth-order valence-corrected chi connectivity index (χ4v) is 6.56. The molecule has 8 heteroatoms. The van der Waals surface area contributed by atoms with E-state index in [0.717, 1.165) is 61.2 Å². The average molecular weight is 533 g/mol. The lowest BCUT2D eigenvalue weighted by Crippen LogP contribution is -2.41. The topological polar surface area (TPSA) is 62.7 Å². The van der Waals surface area contributed by atoms with E-state index in [1.807, 2.05) is 29.6 Å². The number of aromatic nitrogens is 1. The first-order chi connectivity index (χ1) is 17.4. The monoisotopic (exact) mass is 532 g/mol. The van der Waals surface area contributed by atoms with E-state index >= 15 is 4.39 Å². The molecule has 1 N–H and O–H groups in total. The molecule has 1 aromatic carbocycles. The zero-order chi connectivity index (χ0) is 25.5. The number of pyridine rings is 1. The van der Waals surface area contributed by atoms with Crippen molar-refractivity contribution in [2.24, 2.45) is 11.8 Å². The molecule has 0 spiro atoms. The predicted octanol–water partition coefficient (Wildman–Crippen LogP) is 7.18. The van der Waals surface area contributed by atoms with Crippen molar-refractivity contribution < 1.29 is 19.0 Å². The van der Waals surface area contributed by atoms with E-state index in [9.17, 15) is 9.90 Å². The van der Waals surface area contributed by atoms with E-state index in [-0.39, 0.29) is 18.3 Å². The number of alkyl halides is 1. The lowest BCUT2D eigenvalue weighted by atomic mass is 9.79. The maximum Gasteiger partial charge on any atom is 0.303 e. The number of hydrogen-bond donors (Lipinski definition) is 1. The van der Waals surface area contributed by atoms with E-state index in [0.29, 0.717) is 24.2 Å². The fraction of sp³-hybridized carbons (Fsp3) is 0.500. The van der Waals surface area contributed by atoms with E-state index in [4.69, 9.17) is 16.3 Å². The first kappa shape index (κ1) is 26.8. The Hall–Kier alpha value is -2.22. The number of aryl methyl sites for hydroxylation is 1. The number of benzene rings is 1. The lowest BCUT2D eigenvalue weighted by Gasteiger charge is -2.38. The summed E-state index contributed by atoms with van der Waals surface area (Å²) in [6.07, 6.45) is 5.73. The zero-order valence-corrected chi connectivity index (χ0v) is 22.2. The van der Waals surface area contributed by atoms with Crippen LogP contribution in [-0.4, -0.2) is 47.7 Å². The molecule has 0 bridgehead atoms. The first-order valence-corrected chi connectivity index (χ1v) is 13.9. The number of nitrogens with zero attached hydrogens (tertiary/aromatic N) is 2. The van der Waals surface area contributed by atoms with Gasteiger partial charge in [0.1, 0.15) is 11.9 Å². The van der Waals surface area contributed by atoms with Gasteiger partial charge in [0.25, 0.3) is 0 Å². The molecule has 0 aliphatic carbocycles. The molecular weight excluding hydrogens is 499 g/mol. The number of rotatable bonds is 12. The van der Waals surface area contributed by atoms with Gasteiger partial charge in [0, 0.05) is 29.4 Å². The van der Waals surface area contributed by atoms with Gasteiger partial charge in [0.2, 0.25) is 0 Å². The van der Waals surface area contributed by atoms with Gasteiger partial charge in [0.15, 0.2) is 0 Å². The number of unbranched alkanes of at least 4 members (excludes halogenated alkanes) is 1. The molecule has 194 valence electrons. The third-order valence-electron chi connectivity index (χ3n) is 7.34. The highest BCUT2D eigenvalue weighted by atomic mass is 35.5. The number of fused-ring (bicyclic) bond motifs is 1. The Bertz CT molecular complexity index is 1160. The Morgan fingerprint density at radius 1 is 1.31 bits per heavy atom. The minimum absolute atomic E-state index is 0.0458. The summed E-state index contributed by atoms with van der Waals surface area (Å²) in [5.41, 5.74) is 1.37. The molecule has 0 amide bonds. The predicted molar refractivity (Wildman–Crippen MR) is 144 cm³/mol. The van der Waals surface area contributed by atoms with Crippen molar-refractivity contribution in [3.8, 4) is 5.75 Å². The van der Waals surface area contributed by atoms with E-state index in [2.05, 4.69) is 9.88 Å². The maximum atomic E-state index is 15.5. The first-order valence-electron chi connectivity index (χ1n) is 12.7. The van der Waals surface area contributed by atoms with Gasteiger partial charge in [-0.2, -0.15) is 0 Å². The number of carbonyl (C=O) groups is 1. The fourth-order valence-electron chi connectivity index (χ4n) is 5.38. The Morgan fingerprint density at radius 2 is 2.17 bits per heavy atom. The summed E-state index contributed by atoms with van der Waals surface area (Å²) in [5.74, 6) is 0.159. The Morgan fingerprint density at radius 3 is 2.92 bits per heavy atom. The number of thiophene rings is 1.